The molecule has 3 atom stereocenters. The van der Waals surface area contributed by atoms with Gasteiger partial charge in [-0.15, -0.1) is 30.6 Å². The minimum atomic E-state index is -0.531. The minimum absolute atomic E-state index is 0.0324. The molecule has 6 N–H and O–H groups in total. The fraction of sp³-hybridized carbons (Fsp3) is 0.481. The summed E-state index contributed by atoms with van der Waals surface area (Å²) in [5, 5.41) is 45.4. The first-order valence-electron chi connectivity index (χ1n) is 40.0. The number of rotatable bonds is 11. The topological polar surface area (TPSA) is 400 Å². The number of nitrogen functional groups attached to an aromatic ring is 1. The number of amides is 2. The van der Waals surface area contributed by atoms with E-state index in [2.05, 4.69) is 130 Å². The number of aromatic nitrogens is 18. The summed E-state index contributed by atoms with van der Waals surface area (Å²) in [6, 6.07) is 17.7. The Morgan fingerprint density at radius 3 is 1.24 bits per heavy atom. The first-order valence-corrected chi connectivity index (χ1v) is 40.7. The number of carbonyl (C=O) groups is 2. The standard InChI is InChI=1S/C28H34FN9O2.C23H26FN9.C14H21ClN4O2.C14H14FN5.ClHN4/c1-17-16-36(13-14-37(17)27(39)40-28(2,3)4)22-10-9-21(34-35-22)32-26-31-15-20-19-11-12-30-24(29)23(19)38(25(20)33-26)18-7-5-6-8-18;1-14-13-32(11-10-25-14)19-7-6-18(30-31-19)28-23-27-12-17-16-8-9-26-21(24)20(16)33(22(17)29-23)15-4-2-3-5-15;1-10-9-18(12-6-5-11(15)16-17-12)7-8-19(10)13(20)21-14(2,3)4;15-12-11-9(5-6-17-12)10-7-18-14(16)19-13(10)20(11)8-3-1-2-4-8;1-3-5-4-2/h9-12,15,17-18H,5-8,13-14,16H2,1-4H3,(H,31,32,33,34);6-9,12,14-15,25H,2-5,10-11,13H2,1H3,(H,27,28,29,30);5-6,10H,7-9H2,1-4H3;5-8H,1-4H2,(H2,16,18,19);2H/t17-;14-;10-;;/m111../s1. The van der Waals surface area contributed by atoms with Crippen molar-refractivity contribution in [2.75, 3.05) is 90.0 Å². The fourth-order valence-corrected chi connectivity index (χ4v) is 16.5. The Bertz CT molecular complexity index is 5600. The molecule has 6 fully saturated rings. The van der Waals surface area contributed by atoms with Crippen molar-refractivity contribution in [2.24, 2.45) is 15.1 Å². The number of halogens is 5. The molecular formula is C79H96Cl2F3N31O4. The third-order valence-corrected chi connectivity index (χ3v) is 21.9. The van der Waals surface area contributed by atoms with E-state index in [0.717, 1.165) is 152 Å². The van der Waals surface area contributed by atoms with E-state index in [9.17, 15) is 22.8 Å². The third kappa shape index (κ3) is 19.3. The molecule has 15 heterocycles. The van der Waals surface area contributed by atoms with Crippen LogP contribution >= 0.6 is 23.4 Å². The summed E-state index contributed by atoms with van der Waals surface area (Å²) in [6.07, 6.45) is 21.9. The first kappa shape index (κ1) is 83.7. The van der Waals surface area contributed by atoms with Gasteiger partial charge in [-0.1, -0.05) is 54.8 Å². The van der Waals surface area contributed by atoms with Crippen LogP contribution in [0.5, 0.6) is 0 Å². The van der Waals surface area contributed by atoms with Crippen molar-refractivity contribution in [3.8, 4) is 0 Å². The lowest BCUT2D eigenvalue weighted by Crippen LogP contribution is -2.55. The second-order valence-corrected chi connectivity index (χ2v) is 32.8. The van der Waals surface area contributed by atoms with E-state index < -0.39 is 29.0 Å². The fourth-order valence-electron chi connectivity index (χ4n) is 16.4. The third-order valence-electron chi connectivity index (χ3n) is 21.6. The normalized spacial score (nSPS) is 18.3. The molecule has 3 aliphatic heterocycles. The number of nitrogens with one attached hydrogen (secondary N) is 4. The summed E-state index contributed by atoms with van der Waals surface area (Å²) in [6.45, 7) is 23.9. The van der Waals surface area contributed by atoms with Crippen molar-refractivity contribution in [1.82, 2.24) is 104 Å². The number of fused-ring (bicyclic) bond motifs is 9. The van der Waals surface area contributed by atoms with Crippen LogP contribution in [-0.4, -0.2) is 199 Å². The lowest BCUT2D eigenvalue weighted by molar-refractivity contribution is 0.0147. The van der Waals surface area contributed by atoms with Gasteiger partial charge in [0.15, 0.2) is 34.2 Å². The summed E-state index contributed by atoms with van der Waals surface area (Å²) in [7, 11) is 0. The number of carbonyl (C=O) groups excluding carboxylic acids is 2. The van der Waals surface area contributed by atoms with Gasteiger partial charge in [0, 0.05) is 165 Å². The van der Waals surface area contributed by atoms with E-state index in [1.54, 1.807) is 34.5 Å². The Morgan fingerprint density at radius 2 is 0.891 bits per heavy atom. The molecular weight excluding hydrogens is 1570 g/mol. The van der Waals surface area contributed by atoms with E-state index in [4.69, 9.17) is 42.3 Å². The molecule has 12 aromatic heterocycles. The second kappa shape index (κ2) is 36.6. The highest BCUT2D eigenvalue weighted by molar-refractivity contribution is 6.29. The van der Waals surface area contributed by atoms with Gasteiger partial charge in [0.05, 0.1) is 11.8 Å². The van der Waals surface area contributed by atoms with Gasteiger partial charge in [-0.3, -0.25) is 0 Å². The van der Waals surface area contributed by atoms with Crippen molar-refractivity contribution in [1.29, 1.82) is 5.53 Å². The average molecular weight is 1670 g/mol. The Morgan fingerprint density at radius 1 is 0.504 bits per heavy atom. The van der Waals surface area contributed by atoms with Crippen LogP contribution in [0.1, 0.15) is 157 Å². The van der Waals surface area contributed by atoms with Crippen molar-refractivity contribution in [3.63, 3.8) is 0 Å². The van der Waals surface area contributed by atoms with Gasteiger partial charge in [-0.05, 0) is 166 Å². The Hall–Kier alpha value is -11.8. The molecule has 0 unspecified atom stereocenters. The molecule has 626 valence electrons. The second-order valence-electron chi connectivity index (χ2n) is 32.3. The van der Waals surface area contributed by atoms with Gasteiger partial charge < -0.3 is 69.4 Å². The van der Waals surface area contributed by atoms with Crippen LogP contribution < -0.4 is 36.4 Å². The highest BCUT2D eigenvalue weighted by Crippen LogP contribution is 2.42. The number of piperazine rings is 3. The predicted octanol–water partition coefficient (Wildman–Crippen LogP) is 15.7. The zero-order valence-electron chi connectivity index (χ0n) is 67.7. The molecule has 35 nitrogen and oxygen atoms in total. The molecule has 40 heteroatoms. The molecule has 0 aromatic carbocycles. The summed E-state index contributed by atoms with van der Waals surface area (Å²) in [5.41, 5.74) is 14.2. The van der Waals surface area contributed by atoms with E-state index in [1.807, 2.05) is 118 Å². The molecule has 0 spiro atoms. The van der Waals surface area contributed by atoms with Crippen LogP contribution in [0.2, 0.25) is 5.15 Å². The van der Waals surface area contributed by atoms with Gasteiger partial charge in [-0.2, -0.15) is 33.7 Å². The van der Waals surface area contributed by atoms with Gasteiger partial charge in [0.2, 0.25) is 35.7 Å². The number of nitrogens with two attached hydrogens (primary N) is 1. The molecule has 12 aromatic rings. The number of pyridine rings is 3. The predicted molar refractivity (Wildman–Crippen MR) is 448 cm³/mol. The maximum Gasteiger partial charge on any atom is 0.410 e. The molecule has 2 amide bonds. The lowest BCUT2D eigenvalue weighted by atomic mass is 10.2. The number of anilines is 8. The lowest BCUT2D eigenvalue weighted by Gasteiger charge is -2.40. The van der Waals surface area contributed by atoms with Gasteiger partial charge in [-0.25, -0.2) is 39.5 Å². The van der Waals surface area contributed by atoms with Crippen LogP contribution in [0.25, 0.3) is 65.8 Å². The molecule has 3 aliphatic carbocycles. The average Bonchev–Trinajstić information content (AvgIpc) is 1.60. The van der Waals surface area contributed by atoms with Gasteiger partial charge >= 0.3 is 12.2 Å². The molecule has 18 rings (SSSR count). The van der Waals surface area contributed by atoms with Crippen molar-refractivity contribution < 1.29 is 32.2 Å². The number of hydrogen-bond donors (Lipinski definition) is 5. The van der Waals surface area contributed by atoms with Crippen molar-refractivity contribution in [2.45, 2.75) is 187 Å². The van der Waals surface area contributed by atoms with E-state index in [1.165, 1.54) is 18.6 Å². The molecule has 0 bridgehead atoms. The number of nitrogens with zero attached hydrogens (tertiary/aromatic N) is 26. The maximum absolute atomic E-state index is 14.9. The Balaban J connectivity index is 0.000000132. The summed E-state index contributed by atoms with van der Waals surface area (Å²) < 4.78 is 63.5. The van der Waals surface area contributed by atoms with E-state index in [-0.39, 0.29) is 48.3 Å². The van der Waals surface area contributed by atoms with E-state index in [0.29, 0.717) is 102 Å². The summed E-state index contributed by atoms with van der Waals surface area (Å²) in [4.78, 5) is 73.1. The van der Waals surface area contributed by atoms with Crippen LogP contribution in [0, 0.1) is 23.4 Å². The molecule has 0 radical (unpaired) electrons. The molecule has 119 heavy (non-hydrogen) atoms. The van der Waals surface area contributed by atoms with Crippen molar-refractivity contribution in [3.05, 3.63) is 115 Å². The van der Waals surface area contributed by atoms with E-state index >= 15 is 0 Å². The highest BCUT2D eigenvalue weighted by atomic mass is 35.5. The minimum Gasteiger partial charge on any atom is -0.444 e. The highest BCUT2D eigenvalue weighted by Gasteiger charge is 2.35. The zero-order valence-corrected chi connectivity index (χ0v) is 69.2. The smallest absolute Gasteiger partial charge is 0.410 e. The number of ether oxygens (including phenoxy) is 2. The Labute approximate surface area is 693 Å². The quantitative estimate of drug-likeness (QED) is 0.0456. The number of hydrogen-bond acceptors (Lipinski definition) is 28. The summed E-state index contributed by atoms with van der Waals surface area (Å²) in [5.74, 6) is 3.01. The van der Waals surface area contributed by atoms with Crippen LogP contribution in [-0.2, 0) is 9.47 Å². The van der Waals surface area contributed by atoms with Gasteiger partial charge in [0.25, 0.3) is 0 Å². The zero-order chi connectivity index (χ0) is 83.8. The van der Waals surface area contributed by atoms with Crippen LogP contribution in [0.15, 0.2) is 107 Å². The van der Waals surface area contributed by atoms with Gasteiger partial charge in [0.1, 0.15) is 44.7 Å². The molecule has 3 saturated carbocycles. The SMILES string of the molecule is C[C@@H]1CN(c2ccc(Cl)nn2)CCN1C(=O)OC(C)(C)C.C[C@@H]1CN(c2ccc(Nc3ncc4c5ccnc(F)c5n(C5CCCC5)c4n3)nn2)CCN1.C[C@@H]1CN(c2ccc(Nc3ncc4c5ccnc(F)c5n(C5CCCC5)c4n3)nn2)CCN1C(=O)OC(C)(C)C.N=NN=NCl.Nc1ncc2c3ccnc(F)c3n(C3CCCC3)c2n1. The molecule has 6 aliphatic rings. The Kier molecular flexibility index (Phi) is 25.7. The van der Waals surface area contributed by atoms with Crippen molar-refractivity contribution >= 4 is 148 Å². The monoisotopic (exact) mass is 1670 g/mol. The molecule has 3 saturated heterocycles. The maximum atomic E-state index is 14.9. The van der Waals surface area contributed by atoms with Crippen LogP contribution in [0.3, 0.4) is 0 Å². The summed E-state index contributed by atoms with van der Waals surface area (Å²) >= 11 is 10.3. The first-order chi connectivity index (χ1) is 57.3. The van der Waals surface area contributed by atoms with Crippen LogP contribution in [0.4, 0.5) is 69.7 Å². The largest absolute Gasteiger partial charge is 0.444 e.